The van der Waals surface area contributed by atoms with Crippen LogP contribution in [0.25, 0.3) is 0 Å². The lowest BCUT2D eigenvalue weighted by Crippen LogP contribution is -2.38. The number of carbonyl (C=O) groups is 1. The molecule has 0 spiro atoms. The Morgan fingerprint density at radius 3 is 2.60 bits per heavy atom. The van der Waals surface area contributed by atoms with Crippen LogP contribution in [0.1, 0.15) is 49.0 Å². The zero-order valence-corrected chi connectivity index (χ0v) is 12.3. The van der Waals surface area contributed by atoms with Crippen LogP contribution >= 0.6 is 0 Å². The van der Waals surface area contributed by atoms with E-state index in [2.05, 4.69) is 16.6 Å². The van der Waals surface area contributed by atoms with Crippen molar-refractivity contribution in [1.29, 1.82) is 0 Å². The van der Waals surface area contributed by atoms with Gasteiger partial charge in [0.05, 0.1) is 19.3 Å². The fourth-order valence-corrected chi connectivity index (χ4v) is 2.76. The lowest BCUT2D eigenvalue weighted by atomic mass is 9.91. The summed E-state index contributed by atoms with van der Waals surface area (Å²) in [6.07, 6.45) is 1.75. The summed E-state index contributed by atoms with van der Waals surface area (Å²) in [7, 11) is 1.34. The molecular formula is C15H23NO4. The third kappa shape index (κ3) is 3.22. The maximum atomic E-state index is 11.4. The molecule has 1 fully saturated rings. The third-order valence-corrected chi connectivity index (χ3v) is 4.23. The summed E-state index contributed by atoms with van der Waals surface area (Å²) in [5.41, 5.74) is 0. The first-order valence-corrected chi connectivity index (χ1v) is 7.13. The van der Waals surface area contributed by atoms with E-state index in [0.717, 1.165) is 31.7 Å². The molecule has 0 aromatic carbocycles. The van der Waals surface area contributed by atoms with E-state index in [1.165, 1.54) is 7.11 Å². The molecule has 0 bridgehead atoms. The number of hydrogen-bond acceptors (Lipinski definition) is 5. The van der Waals surface area contributed by atoms with Gasteiger partial charge in [0.25, 0.3) is 0 Å². The van der Waals surface area contributed by atoms with Gasteiger partial charge in [-0.05, 0) is 57.8 Å². The number of piperidine rings is 1. The third-order valence-electron chi connectivity index (χ3n) is 4.23. The van der Waals surface area contributed by atoms with Crippen LogP contribution in [0.3, 0.4) is 0 Å². The second-order valence-electron chi connectivity index (χ2n) is 5.48. The van der Waals surface area contributed by atoms with Crippen LogP contribution in [0, 0.1) is 5.92 Å². The first kappa shape index (κ1) is 15.1. The van der Waals surface area contributed by atoms with E-state index < -0.39 is 5.97 Å². The molecule has 0 radical (unpaired) electrons. The summed E-state index contributed by atoms with van der Waals surface area (Å²) in [5, 5.41) is 9.62. The summed E-state index contributed by atoms with van der Waals surface area (Å²) in [5.74, 6) is 0.964. The van der Waals surface area contributed by atoms with Crippen molar-refractivity contribution in [2.75, 3.05) is 20.2 Å². The highest BCUT2D eigenvalue weighted by molar-refractivity contribution is 5.86. The van der Waals surface area contributed by atoms with E-state index in [1.807, 2.05) is 13.0 Å². The van der Waals surface area contributed by atoms with Crippen molar-refractivity contribution in [1.82, 2.24) is 4.90 Å². The Bertz CT molecular complexity index is 446. The van der Waals surface area contributed by atoms with Crippen molar-refractivity contribution in [2.24, 2.45) is 5.92 Å². The van der Waals surface area contributed by atoms with Gasteiger partial charge in [-0.3, -0.25) is 4.90 Å². The Hall–Kier alpha value is -1.33. The highest BCUT2D eigenvalue weighted by Crippen LogP contribution is 2.29. The first-order chi connectivity index (χ1) is 9.52. The molecule has 1 aromatic heterocycles. The monoisotopic (exact) mass is 281 g/mol. The summed E-state index contributed by atoms with van der Waals surface area (Å²) in [6.45, 7) is 5.80. The van der Waals surface area contributed by atoms with Crippen molar-refractivity contribution in [3.8, 4) is 0 Å². The van der Waals surface area contributed by atoms with Crippen LogP contribution in [0.15, 0.2) is 16.5 Å². The fraction of sp³-hybridized carbons (Fsp3) is 0.667. The number of aliphatic hydroxyl groups is 1. The maximum absolute atomic E-state index is 11.4. The predicted molar refractivity (Wildman–Crippen MR) is 74.4 cm³/mol. The average molecular weight is 281 g/mol. The second-order valence-corrected chi connectivity index (χ2v) is 5.48. The van der Waals surface area contributed by atoms with E-state index in [0.29, 0.717) is 5.92 Å². The van der Waals surface area contributed by atoms with E-state index in [-0.39, 0.29) is 17.9 Å². The molecule has 5 nitrogen and oxygen atoms in total. The van der Waals surface area contributed by atoms with Crippen molar-refractivity contribution in [2.45, 2.75) is 38.8 Å². The maximum Gasteiger partial charge on any atom is 0.373 e. The smallest absolute Gasteiger partial charge is 0.373 e. The van der Waals surface area contributed by atoms with Crippen LogP contribution in [0.5, 0.6) is 0 Å². The van der Waals surface area contributed by atoms with Crippen molar-refractivity contribution in [3.05, 3.63) is 23.7 Å². The number of carbonyl (C=O) groups excluding carboxylic acids is 1. The molecule has 1 aliphatic heterocycles. The van der Waals surface area contributed by atoms with Crippen LogP contribution in [0.4, 0.5) is 0 Å². The van der Waals surface area contributed by atoms with Gasteiger partial charge in [-0.25, -0.2) is 4.79 Å². The van der Waals surface area contributed by atoms with Gasteiger partial charge >= 0.3 is 5.97 Å². The number of esters is 1. The highest BCUT2D eigenvalue weighted by Gasteiger charge is 2.27. The molecule has 1 aliphatic rings. The number of nitrogens with zero attached hydrogens (tertiary/aromatic N) is 1. The van der Waals surface area contributed by atoms with Gasteiger partial charge in [0.15, 0.2) is 0 Å². The molecule has 0 saturated carbocycles. The highest BCUT2D eigenvalue weighted by atomic mass is 16.5. The summed E-state index contributed by atoms with van der Waals surface area (Å²) < 4.78 is 10.2. The average Bonchev–Trinajstić information content (AvgIpc) is 2.95. The molecule has 20 heavy (non-hydrogen) atoms. The molecule has 0 aliphatic carbocycles. The van der Waals surface area contributed by atoms with Crippen LogP contribution < -0.4 is 0 Å². The molecule has 5 heteroatoms. The van der Waals surface area contributed by atoms with Gasteiger partial charge < -0.3 is 14.3 Å². The molecule has 2 rings (SSSR count). The normalized spacial score (nSPS) is 20.6. The Morgan fingerprint density at radius 1 is 1.40 bits per heavy atom. The molecule has 1 N–H and O–H groups in total. The minimum absolute atomic E-state index is 0.128. The van der Waals surface area contributed by atoms with Crippen LogP contribution in [-0.4, -0.2) is 42.3 Å². The van der Waals surface area contributed by atoms with Crippen molar-refractivity contribution < 1.29 is 19.1 Å². The summed E-state index contributed by atoms with van der Waals surface area (Å²) >= 11 is 0. The standard InChI is InChI=1S/C15H23NO4/c1-10(13-4-5-14(20-13)15(18)19-3)16-8-6-12(7-9-16)11(2)17/h4-5,10-12,17H,6-9H2,1-3H3. The summed E-state index contributed by atoms with van der Waals surface area (Å²) in [6, 6.07) is 3.61. The zero-order chi connectivity index (χ0) is 14.7. The minimum Gasteiger partial charge on any atom is -0.463 e. The number of aliphatic hydroxyl groups excluding tert-OH is 1. The van der Waals surface area contributed by atoms with Crippen LogP contribution in [0.2, 0.25) is 0 Å². The second kappa shape index (κ2) is 6.41. The molecule has 1 aromatic rings. The van der Waals surface area contributed by atoms with Crippen LogP contribution in [-0.2, 0) is 4.74 Å². The minimum atomic E-state index is -0.448. The van der Waals surface area contributed by atoms with Gasteiger partial charge in [0.2, 0.25) is 5.76 Å². The Balaban J connectivity index is 1.96. The summed E-state index contributed by atoms with van der Waals surface area (Å²) in [4.78, 5) is 13.7. The molecule has 112 valence electrons. The molecule has 2 unspecified atom stereocenters. The number of furan rings is 1. The lowest BCUT2D eigenvalue weighted by Gasteiger charge is -2.36. The van der Waals surface area contributed by atoms with E-state index >= 15 is 0 Å². The zero-order valence-electron chi connectivity index (χ0n) is 12.3. The number of hydrogen-bond donors (Lipinski definition) is 1. The number of methoxy groups -OCH3 is 1. The predicted octanol–water partition coefficient (Wildman–Crippen LogP) is 2.22. The van der Waals surface area contributed by atoms with E-state index in [9.17, 15) is 9.90 Å². The Labute approximate surface area is 119 Å². The van der Waals surface area contributed by atoms with E-state index in [4.69, 9.17) is 4.42 Å². The Kier molecular flexibility index (Phi) is 4.83. The lowest BCUT2D eigenvalue weighted by molar-refractivity contribution is 0.0506. The number of rotatable bonds is 4. The fourth-order valence-electron chi connectivity index (χ4n) is 2.76. The van der Waals surface area contributed by atoms with Gasteiger partial charge in [0, 0.05) is 0 Å². The number of likely N-dealkylation sites (tertiary alicyclic amines) is 1. The molecule has 1 saturated heterocycles. The largest absolute Gasteiger partial charge is 0.463 e. The molecule has 2 heterocycles. The SMILES string of the molecule is COC(=O)c1ccc(C(C)N2CCC(C(C)O)CC2)o1. The van der Waals surface area contributed by atoms with Crippen molar-refractivity contribution in [3.63, 3.8) is 0 Å². The van der Waals surface area contributed by atoms with Gasteiger partial charge in [-0.15, -0.1) is 0 Å². The molecule has 0 amide bonds. The molecule has 2 atom stereocenters. The number of ether oxygens (including phenoxy) is 1. The van der Waals surface area contributed by atoms with Gasteiger partial charge in [0.1, 0.15) is 5.76 Å². The van der Waals surface area contributed by atoms with Gasteiger partial charge in [-0.2, -0.15) is 0 Å². The van der Waals surface area contributed by atoms with E-state index in [1.54, 1.807) is 6.07 Å². The van der Waals surface area contributed by atoms with Gasteiger partial charge in [-0.1, -0.05) is 0 Å². The Morgan fingerprint density at radius 2 is 2.05 bits per heavy atom. The topological polar surface area (TPSA) is 62.9 Å². The molecular weight excluding hydrogens is 258 g/mol. The van der Waals surface area contributed by atoms with Crippen molar-refractivity contribution >= 4 is 5.97 Å². The first-order valence-electron chi connectivity index (χ1n) is 7.13. The quantitative estimate of drug-likeness (QED) is 0.857.